The summed E-state index contributed by atoms with van der Waals surface area (Å²) >= 11 is 0. The van der Waals surface area contributed by atoms with E-state index in [2.05, 4.69) is 5.32 Å². The minimum atomic E-state index is -0.988. The Kier molecular flexibility index (Phi) is 5.81. The Morgan fingerprint density at radius 1 is 1.38 bits per heavy atom. The summed E-state index contributed by atoms with van der Waals surface area (Å²) in [5.74, 6) is -0.246. The molecule has 120 valence electrons. The van der Waals surface area contributed by atoms with E-state index in [4.69, 9.17) is 14.6 Å². The molecule has 1 aliphatic heterocycles. The third kappa shape index (κ3) is 4.86. The molecule has 2 rings (SSSR count). The highest BCUT2D eigenvalue weighted by Crippen LogP contribution is 2.28. The lowest BCUT2D eigenvalue weighted by Gasteiger charge is -2.21. The van der Waals surface area contributed by atoms with Crippen molar-refractivity contribution >= 4 is 12.0 Å². The molecule has 0 radical (unpaired) electrons. The van der Waals surface area contributed by atoms with Crippen LogP contribution < -0.4 is 5.32 Å². The number of carboxylic acid groups (broad SMARTS) is 1. The van der Waals surface area contributed by atoms with Crippen molar-refractivity contribution < 1.29 is 24.2 Å². The van der Waals surface area contributed by atoms with E-state index < -0.39 is 12.0 Å². The molecule has 2 N–H and O–H groups in total. The first-order chi connectivity index (χ1) is 10.1. The molecule has 21 heavy (non-hydrogen) atoms. The van der Waals surface area contributed by atoms with Gasteiger partial charge in [-0.05, 0) is 25.2 Å². The van der Waals surface area contributed by atoms with E-state index in [0.29, 0.717) is 26.1 Å². The molecule has 0 aromatic rings. The number of hydrogen-bond acceptors (Lipinski definition) is 4. The zero-order valence-corrected chi connectivity index (χ0v) is 12.4. The predicted octanol–water partition coefficient (Wildman–Crippen LogP) is 0.687. The number of aliphatic carboxylic acids is 1. The van der Waals surface area contributed by atoms with Gasteiger partial charge in [-0.15, -0.1) is 0 Å². The smallest absolute Gasteiger partial charge is 0.326 e. The van der Waals surface area contributed by atoms with Crippen LogP contribution in [-0.4, -0.2) is 67.6 Å². The fourth-order valence-corrected chi connectivity index (χ4v) is 2.43. The highest BCUT2D eigenvalue weighted by molar-refractivity contribution is 5.83. The second kappa shape index (κ2) is 7.61. The van der Waals surface area contributed by atoms with E-state index >= 15 is 0 Å². The van der Waals surface area contributed by atoms with Crippen molar-refractivity contribution in [1.82, 2.24) is 10.2 Å². The summed E-state index contributed by atoms with van der Waals surface area (Å²) in [7, 11) is 1.53. The number of rotatable bonds is 8. The van der Waals surface area contributed by atoms with Gasteiger partial charge in [0.15, 0.2) is 0 Å². The first-order valence-corrected chi connectivity index (χ1v) is 7.49. The van der Waals surface area contributed by atoms with E-state index in [1.54, 1.807) is 0 Å². The maximum absolute atomic E-state index is 12.0. The Morgan fingerprint density at radius 2 is 2.14 bits per heavy atom. The number of methoxy groups -OCH3 is 1. The molecule has 0 aromatic heterocycles. The number of amides is 2. The van der Waals surface area contributed by atoms with Gasteiger partial charge in [0.05, 0.1) is 6.10 Å². The molecule has 7 heteroatoms. The molecule has 7 nitrogen and oxygen atoms in total. The second-order valence-corrected chi connectivity index (χ2v) is 5.70. The summed E-state index contributed by atoms with van der Waals surface area (Å²) in [6, 6.07) is -1.15. The Hall–Kier alpha value is -1.34. The van der Waals surface area contributed by atoms with Gasteiger partial charge in [0.25, 0.3) is 0 Å². The average Bonchev–Trinajstić information content (AvgIpc) is 3.17. The molecule has 1 saturated heterocycles. The maximum Gasteiger partial charge on any atom is 0.326 e. The van der Waals surface area contributed by atoms with Crippen LogP contribution in [0.5, 0.6) is 0 Å². The van der Waals surface area contributed by atoms with Gasteiger partial charge < -0.3 is 24.8 Å². The number of hydrogen-bond donors (Lipinski definition) is 2. The van der Waals surface area contributed by atoms with Gasteiger partial charge in [-0.3, -0.25) is 0 Å². The normalized spacial score (nSPS) is 25.1. The molecule has 2 atom stereocenters. The highest BCUT2D eigenvalue weighted by atomic mass is 16.5. The molecular weight excluding hydrogens is 276 g/mol. The fourth-order valence-electron chi connectivity index (χ4n) is 2.43. The average molecular weight is 300 g/mol. The second-order valence-electron chi connectivity index (χ2n) is 5.70. The number of nitrogens with one attached hydrogen (secondary N) is 1. The quantitative estimate of drug-likeness (QED) is 0.644. The van der Waals surface area contributed by atoms with E-state index in [1.807, 2.05) is 0 Å². The molecule has 2 fully saturated rings. The van der Waals surface area contributed by atoms with Crippen LogP contribution in [0.1, 0.15) is 25.7 Å². The van der Waals surface area contributed by atoms with Gasteiger partial charge in [0.2, 0.25) is 0 Å². The summed E-state index contributed by atoms with van der Waals surface area (Å²) in [4.78, 5) is 24.5. The number of carboxylic acids is 1. The van der Waals surface area contributed by atoms with Gasteiger partial charge in [0.1, 0.15) is 6.04 Å². The van der Waals surface area contributed by atoms with Gasteiger partial charge in [-0.1, -0.05) is 0 Å². The molecule has 0 bridgehead atoms. The molecule has 1 saturated carbocycles. The Bertz CT molecular complexity index is 372. The zero-order chi connectivity index (χ0) is 15.2. The first kappa shape index (κ1) is 16.0. The lowest BCUT2D eigenvalue weighted by Crippen LogP contribution is -2.46. The lowest BCUT2D eigenvalue weighted by molar-refractivity contribution is -0.141. The SMILES string of the molecule is COC1CC(C(=O)O)N(C(=O)NCCCOCC2CC2)C1. The van der Waals surface area contributed by atoms with Crippen molar-refractivity contribution in [2.75, 3.05) is 33.4 Å². The van der Waals surface area contributed by atoms with Crippen molar-refractivity contribution in [3.05, 3.63) is 0 Å². The van der Waals surface area contributed by atoms with Gasteiger partial charge >= 0.3 is 12.0 Å². The van der Waals surface area contributed by atoms with Crippen LogP contribution in [0.25, 0.3) is 0 Å². The molecule has 1 heterocycles. The van der Waals surface area contributed by atoms with Crippen LogP contribution in [0.4, 0.5) is 4.79 Å². The third-order valence-electron chi connectivity index (χ3n) is 3.93. The number of nitrogens with zero attached hydrogens (tertiary/aromatic N) is 1. The molecule has 1 aliphatic carbocycles. The summed E-state index contributed by atoms with van der Waals surface area (Å²) in [5, 5.41) is 11.9. The topological polar surface area (TPSA) is 88.1 Å². The number of carbonyl (C=O) groups excluding carboxylic acids is 1. The molecule has 0 spiro atoms. The van der Waals surface area contributed by atoms with Crippen LogP contribution in [0.3, 0.4) is 0 Å². The third-order valence-corrected chi connectivity index (χ3v) is 3.93. The number of ether oxygens (including phenoxy) is 2. The lowest BCUT2D eigenvalue weighted by atomic mass is 10.2. The van der Waals surface area contributed by atoms with E-state index in [9.17, 15) is 9.59 Å². The molecule has 2 amide bonds. The van der Waals surface area contributed by atoms with Crippen LogP contribution in [0.15, 0.2) is 0 Å². The molecular formula is C14H24N2O5. The van der Waals surface area contributed by atoms with Gasteiger partial charge in [0, 0.05) is 39.8 Å². The minimum Gasteiger partial charge on any atom is -0.480 e. The molecule has 0 aromatic carbocycles. The van der Waals surface area contributed by atoms with E-state index in [0.717, 1.165) is 18.9 Å². The van der Waals surface area contributed by atoms with Crippen LogP contribution >= 0.6 is 0 Å². The summed E-state index contributed by atoms with van der Waals surface area (Å²) in [6.07, 6.45) is 3.40. The van der Waals surface area contributed by atoms with Crippen molar-refractivity contribution in [1.29, 1.82) is 0 Å². The summed E-state index contributed by atoms with van der Waals surface area (Å²) in [5.41, 5.74) is 0. The van der Waals surface area contributed by atoms with Gasteiger partial charge in [-0.2, -0.15) is 0 Å². The Balaban J connectivity index is 1.64. The van der Waals surface area contributed by atoms with Crippen molar-refractivity contribution in [3.8, 4) is 0 Å². The van der Waals surface area contributed by atoms with Crippen molar-refractivity contribution in [2.45, 2.75) is 37.8 Å². The first-order valence-electron chi connectivity index (χ1n) is 7.49. The largest absolute Gasteiger partial charge is 0.480 e. The molecule has 2 unspecified atom stereocenters. The fraction of sp³-hybridized carbons (Fsp3) is 0.857. The predicted molar refractivity (Wildman–Crippen MR) is 75.1 cm³/mol. The van der Waals surface area contributed by atoms with Crippen LogP contribution in [-0.2, 0) is 14.3 Å². The monoisotopic (exact) mass is 300 g/mol. The van der Waals surface area contributed by atoms with Crippen LogP contribution in [0, 0.1) is 5.92 Å². The van der Waals surface area contributed by atoms with E-state index in [1.165, 1.54) is 24.9 Å². The van der Waals surface area contributed by atoms with Gasteiger partial charge in [-0.25, -0.2) is 9.59 Å². The highest BCUT2D eigenvalue weighted by Gasteiger charge is 2.39. The summed E-state index contributed by atoms with van der Waals surface area (Å²) in [6.45, 7) is 2.25. The number of urea groups is 1. The minimum absolute atomic E-state index is 0.210. The van der Waals surface area contributed by atoms with Crippen molar-refractivity contribution in [3.63, 3.8) is 0 Å². The summed E-state index contributed by atoms with van der Waals surface area (Å²) < 4.78 is 10.6. The van der Waals surface area contributed by atoms with Crippen LogP contribution in [0.2, 0.25) is 0 Å². The Labute approximate surface area is 124 Å². The van der Waals surface area contributed by atoms with E-state index in [-0.39, 0.29) is 12.1 Å². The Morgan fingerprint density at radius 3 is 2.76 bits per heavy atom. The van der Waals surface area contributed by atoms with Crippen molar-refractivity contribution in [2.24, 2.45) is 5.92 Å². The standard InChI is InChI=1S/C14H24N2O5/c1-20-11-7-12(13(17)18)16(8-11)14(19)15-5-2-6-21-9-10-3-4-10/h10-12H,2-9H2,1H3,(H,15,19)(H,17,18). The number of carbonyl (C=O) groups is 2. The number of likely N-dealkylation sites (tertiary alicyclic amines) is 1. The zero-order valence-electron chi connectivity index (χ0n) is 12.4. The molecule has 2 aliphatic rings. The maximum atomic E-state index is 12.0.